The van der Waals surface area contributed by atoms with Crippen molar-refractivity contribution in [2.45, 2.75) is 18.6 Å². The summed E-state index contributed by atoms with van der Waals surface area (Å²) in [6.45, 7) is 0. The maximum absolute atomic E-state index is 13.3. The zero-order valence-corrected chi connectivity index (χ0v) is 23.0. The van der Waals surface area contributed by atoms with Gasteiger partial charge in [-0.1, -0.05) is 54.1 Å². The summed E-state index contributed by atoms with van der Waals surface area (Å²) in [7, 11) is 0. The number of carboxylic acid groups (broad SMARTS) is 1. The van der Waals surface area contributed by atoms with Crippen molar-refractivity contribution in [1.29, 1.82) is 0 Å². The van der Waals surface area contributed by atoms with Crippen LogP contribution in [0.4, 0.5) is 13.2 Å². The van der Waals surface area contributed by atoms with Crippen molar-refractivity contribution < 1.29 is 37.4 Å². The molecule has 4 rings (SSSR count). The van der Waals surface area contributed by atoms with E-state index in [0.717, 1.165) is 24.3 Å². The van der Waals surface area contributed by atoms with Crippen LogP contribution in [0.3, 0.4) is 0 Å². The van der Waals surface area contributed by atoms with Gasteiger partial charge in [-0.25, -0.2) is 4.79 Å². The number of hydrogen-bond acceptors (Lipinski definition) is 4. The summed E-state index contributed by atoms with van der Waals surface area (Å²) in [4.78, 5) is 38.2. The monoisotopic (exact) mass is 608 g/mol. The third-order valence-electron chi connectivity index (χ3n) is 6.09. The zero-order chi connectivity index (χ0) is 31.0. The minimum absolute atomic E-state index is 0.0795. The van der Waals surface area contributed by atoms with Crippen LogP contribution in [-0.2, 0) is 22.2 Å². The molecule has 0 aliphatic heterocycles. The first kappa shape index (κ1) is 30.9. The molecule has 1 atom stereocenters. The van der Waals surface area contributed by atoms with E-state index in [2.05, 4.69) is 10.6 Å². The van der Waals surface area contributed by atoms with Crippen molar-refractivity contribution in [3.63, 3.8) is 0 Å². The molecule has 0 saturated carbocycles. The summed E-state index contributed by atoms with van der Waals surface area (Å²) in [5, 5.41) is 15.0. The lowest BCUT2D eigenvalue weighted by molar-refractivity contribution is -0.141. The van der Waals surface area contributed by atoms with E-state index in [9.17, 15) is 32.7 Å². The largest absolute Gasteiger partial charge is 0.480 e. The van der Waals surface area contributed by atoms with Crippen molar-refractivity contribution >= 4 is 35.5 Å². The number of para-hydroxylation sites is 1. The van der Waals surface area contributed by atoms with Gasteiger partial charge in [-0.2, -0.15) is 13.2 Å². The van der Waals surface area contributed by atoms with Crippen LogP contribution in [0.25, 0.3) is 6.08 Å². The average molecular weight is 609 g/mol. The van der Waals surface area contributed by atoms with Gasteiger partial charge in [0.15, 0.2) is 0 Å². The molecule has 0 bridgehead atoms. The predicted octanol–water partition coefficient (Wildman–Crippen LogP) is 6.73. The topological polar surface area (TPSA) is 105 Å². The fourth-order valence-corrected chi connectivity index (χ4v) is 4.01. The highest BCUT2D eigenvalue weighted by molar-refractivity contribution is 6.30. The first-order valence-corrected chi connectivity index (χ1v) is 13.2. The molecule has 0 spiro atoms. The number of nitrogens with one attached hydrogen (secondary N) is 2. The van der Waals surface area contributed by atoms with Crippen LogP contribution in [0.15, 0.2) is 109 Å². The number of benzene rings is 4. The SMILES string of the molecule is O=C(N[C@@H](Cc1ccc(Cl)cc1)C(=O)O)C(=Cc1ccc(Oc2ccccc2)cc1)NC(=O)c1ccc(C(F)(F)F)cc1. The maximum atomic E-state index is 13.3. The molecule has 0 saturated heterocycles. The van der Waals surface area contributed by atoms with Crippen LogP contribution in [0, 0.1) is 0 Å². The molecular weight excluding hydrogens is 585 g/mol. The second-order valence-corrected chi connectivity index (χ2v) is 9.70. The molecule has 11 heteroatoms. The molecule has 4 aromatic rings. The molecule has 7 nitrogen and oxygen atoms in total. The predicted molar refractivity (Wildman–Crippen MR) is 155 cm³/mol. The summed E-state index contributed by atoms with van der Waals surface area (Å²) in [6, 6.07) is 24.0. The standard InChI is InChI=1S/C32H24ClF3N2O5/c33-24-14-6-20(7-15-24)19-28(31(41)42)38-30(40)27(37-29(39)22-10-12-23(13-11-22)32(34,35)36)18-21-8-16-26(17-9-21)43-25-4-2-1-3-5-25/h1-18,28H,19H2,(H,37,39)(H,38,40)(H,41,42)/t28-/m0/s1. The van der Waals surface area contributed by atoms with Gasteiger partial charge in [0.25, 0.3) is 11.8 Å². The second-order valence-electron chi connectivity index (χ2n) is 9.27. The fourth-order valence-electron chi connectivity index (χ4n) is 3.88. The summed E-state index contributed by atoms with van der Waals surface area (Å²) >= 11 is 5.90. The normalized spacial score (nSPS) is 12.2. The maximum Gasteiger partial charge on any atom is 0.416 e. The van der Waals surface area contributed by atoms with Gasteiger partial charge in [0.2, 0.25) is 0 Å². The summed E-state index contributed by atoms with van der Waals surface area (Å²) in [5.74, 6) is -2.01. The summed E-state index contributed by atoms with van der Waals surface area (Å²) in [6.07, 6.45) is -3.36. The summed E-state index contributed by atoms with van der Waals surface area (Å²) < 4.78 is 44.7. The minimum Gasteiger partial charge on any atom is -0.480 e. The first-order valence-electron chi connectivity index (χ1n) is 12.8. The number of ether oxygens (including phenoxy) is 1. The number of halogens is 4. The number of aliphatic carboxylic acids is 1. The first-order chi connectivity index (χ1) is 20.5. The Morgan fingerprint density at radius 1 is 0.837 bits per heavy atom. The van der Waals surface area contributed by atoms with E-state index in [1.807, 2.05) is 18.2 Å². The molecule has 0 fully saturated rings. The lowest BCUT2D eigenvalue weighted by atomic mass is 10.1. The van der Waals surface area contributed by atoms with Crippen molar-refractivity contribution in [3.8, 4) is 11.5 Å². The Morgan fingerprint density at radius 3 is 2.02 bits per heavy atom. The Labute approximate surface area is 249 Å². The quantitative estimate of drug-likeness (QED) is 0.173. The highest BCUT2D eigenvalue weighted by Crippen LogP contribution is 2.29. The van der Waals surface area contributed by atoms with Crippen molar-refractivity contribution in [3.05, 3.63) is 136 Å². The van der Waals surface area contributed by atoms with Crippen LogP contribution < -0.4 is 15.4 Å². The highest BCUT2D eigenvalue weighted by atomic mass is 35.5. The van der Waals surface area contributed by atoms with E-state index >= 15 is 0 Å². The smallest absolute Gasteiger partial charge is 0.416 e. The second kappa shape index (κ2) is 13.7. The highest BCUT2D eigenvalue weighted by Gasteiger charge is 2.30. The van der Waals surface area contributed by atoms with Crippen LogP contribution in [0.2, 0.25) is 5.02 Å². The molecule has 220 valence electrons. The number of hydrogen-bond donors (Lipinski definition) is 3. The molecule has 3 N–H and O–H groups in total. The Morgan fingerprint density at radius 2 is 1.44 bits per heavy atom. The Bertz CT molecular complexity index is 1610. The molecule has 0 heterocycles. The van der Waals surface area contributed by atoms with Crippen molar-refractivity contribution in [2.75, 3.05) is 0 Å². The lowest BCUT2D eigenvalue weighted by Crippen LogP contribution is -2.45. The van der Waals surface area contributed by atoms with Gasteiger partial charge >= 0.3 is 12.1 Å². The van der Waals surface area contributed by atoms with Gasteiger partial charge in [-0.15, -0.1) is 0 Å². The Balaban J connectivity index is 1.58. The number of rotatable bonds is 10. The molecule has 2 amide bonds. The fraction of sp³-hybridized carbons (Fsp3) is 0.0938. The van der Waals surface area contributed by atoms with Crippen LogP contribution in [0.5, 0.6) is 11.5 Å². The van der Waals surface area contributed by atoms with E-state index in [4.69, 9.17) is 16.3 Å². The number of amides is 2. The minimum atomic E-state index is -4.59. The van der Waals surface area contributed by atoms with E-state index in [-0.39, 0.29) is 17.7 Å². The zero-order valence-electron chi connectivity index (χ0n) is 22.3. The average Bonchev–Trinajstić information content (AvgIpc) is 2.98. The van der Waals surface area contributed by atoms with Crippen LogP contribution in [0.1, 0.15) is 27.0 Å². The van der Waals surface area contributed by atoms with E-state index < -0.39 is 35.6 Å². The van der Waals surface area contributed by atoms with E-state index in [0.29, 0.717) is 27.6 Å². The third kappa shape index (κ3) is 8.95. The summed E-state index contributed by atoms with van der Waals surface area (Å²) in [5.41, 5.74) is -0.381. The van der Waals surface area contributed by atoms with Gasteiger partial charge in [0.1, 0.15) is 23.2 Å². The van der Waals surface area contributed by atoms with Gasteiger partial charge in [0.05, 0.1) is 5.56 Å². The molecule has 0 aromatic heterocycles. The molecule has 43 heavy (non-hydrogen) atoms. The molecule has 0 aliphatic carbocycles. The van der Waals surface area contributed by atoms with E-state index in [1.54, 1.807) is 60.7 Å². The molecule has 4 aromatic carbocycles. The van der Waals surface area contributed by atoms with Crippen LogP contribution >= 0.6 is 11.6 Å². The molecule has 0 unspecified atom stereocenters. The van der Waals surface area contributed by atoms with Gasteiger partial charge < -0.3 is 20.5 Å². The number of carbonyl (C=O) groups is 3. The van der Waals surface area contributed by atoms with Crippen molar-refractivity contribution in [1.82, 2.24) is 10.6 Å². The molecule has 0 radical (unpaired) electrons. The Kier molecular flexibility index (Phi) is 9.84. The van der Waals surface area contributed by atoms with Gasteiger partial charge in [-0.05, 0) is 77.9 Å². The number of carbonyl (C=O) groups excluding carboxylic acids is 2. The Hall–Kier alpha value is -5.09. The lowest BCUT2D eigenvalue weighted by Gasteiger charge is -2.17. The molecular formula is C32H24ClF3N2O5. The molecule has 0 aliphatic rings. The van der Waals surface area contributed by atoms with Crippen LogP contribution in [-0.4, -0.2) is 28.9 Å². The van der Waals surface area contributed by atoms with Crippen molar-refractivity contribution in [2.24, 2.45) is 0 Å². The van der Waals surface area contributed by atoms with Gasteiger partial charge in [-0.3, -0.25) is 9.59 Å². The number of carboxylic acids is 1. The number of alkyl halides is 3. The van der Waals surface area contributed by atoms with Gasteiger partial charge in [0, 0.05) is 17.0 Å². The third-order valence-corrected chi connectivity index (χ3v) is 6.35. The van der Waals surface area contributed by atoms with E-state index in [1.165, 1.54) is 6.08 Å².